The Hall–Kier alpha value is -1.16. The Bertz CT molecular complexity index is 210. The molecule has 0 amide bonds. The van der Waals surface area contributed by atoms with E-state index in [0.29, 0.717) is 5.70 Å². The molecule has 0 fully saturated rings. The Kier molecular flexibility index (Phi) is 2.05. The van der Waals surface area contributed by atoms with Crippen LogP contribution in [-0.4, -0.2) is 22.7 Å². The first kappa shape index (κ1) is 7.94. The van der Waals surface area contributed by atoms with Crippen molar-refractivity contribution in [1.29, 1.82) is 0 Å². The minimum Gasteiger partial charge on any atom is -0.509 e. The van der Waals surface area contributed by atoms with Crippen molar-refractivity contribution in [3.8, 4) is 0 Å². The number of allylic oxidation sites excluding steroid dienone is 1. The van der Waals surface area contributed by atoms with Crippen molar-refractivity contribution >= 4 is 0 Å². The molecule has 0 bridgehead atoms. The molecule has 1 rings (SSSR count). The van der Waals surface area contributed by atoms with E-state index in [-0.39, 0.29) is 5.76 Å². The van der Waals surface area contributed by atoms with E-state index in [1.54, 1.807) is 11.1 Å². The molecule has 0 saturated carbocycles. The van der Waals surface area contributed by atoms with E-state index in [1.807, 2.05) is 6.92 Å². The minimum atomic E-state index is -0.438. The fourth-order valence-electron chi connectivity index (χ4n) is 1.02. The van der Waals surface area contributed by atoms with Crippen LogP contribution in [-0.2, 0) is 0 Å². The van der Waals surface area contributed by atoms with Gasteiger partial charge in [-0.2, -0.15) is 0 Å². The number of rotatable bonds is 1. The lowest BCUT2D eigenvalue weighted by molar-refractivity contribution is 0.236. The van der Waals surface area contributed by atoms with Gasteiger partial charge in [-0.1, -0.05) is 0 Å². The molecule has 1 atom stereocenters. The fourth-order valence-corrected chi connectivity index (χ4v) is 1.02. The highest BCUT2D eigenvalue weighted by atomic mass is 16.3. The Balaban J connectivity index is 2.81. The third-order valence-corrected chi connectivity index (χ3v) is 1.65. The zero-order valence-electron chi connectivity index (χ0n) is 6.49. The van der Waals surface area contributed by atoms with Gasteiger partial charge in [0, 0.05) is 18.8 Å². The first-order valence-electron chi connectivity index (χ1n) is 3.54. The Labute approximate surface area is 65.8 Å². The van der Waals surface area contributed by atoms with Crippen LogP contribution < -0.4 is 11.5 Å². The van der Waals surface area contributed by atoms with Crippen molar-refractivity contribution < 1.29 is 5.11 Å². The molecule has 4 nitrogen and oxygen atoms in total. The lowest BCUT2D eigenvalue weighted by atomic mass is 10.2. The maximum atomic E-state index is 9.22. The first-order valence-corrected chi connectivity index (χ1v) is 3.54. The molecule has 62 valence electrons. The van der Waals surface area contributed by atoms with Crippen molar-refractivity contribution in [2.45, 2.75) is 13.1 Å². The summed E-state index contributed by atoms with van der Waals surface area (Å²) in [4.78, 5) is 1.77. The Morgan fingerprint density at radius 2 is 2.36 bits per heavy atom. The standard InChI is InChI=1S/C7H13N3O/c1-2-10-4-5(8)3-6(11)7(10)9/h3-4,7,11H,2,8-9H2,1H3. The maximum absolute atomic E-state index is 9.22. The first-order chi connectivity index (χ1) is 5.15. The quantitative estimate of drug-likeness (QED) is 0.492. The number of aliphatic hydroxyl groups excluding tert-OH is 1. The van der Waals surface area contributed by atoms with Gasteiger partial charge in [0.25, 0.3) is 0 Å². The van der Waals surface area contributed by atoms with Crippen molar-refractivity contribution in [2.75, 3.05) is 6.54 Å². The number of likely N-dealkylation sites (N-methyl/N-ethyl adjacent to an activating group) is 1. The third-order valence-electron chi connectivity index (χ3n) is 1.65. The molecule has 0 aliphatic carbocycles. The van der Waals surface area contributed by atoms with E-state index in [1.165, 1.54) is 6.08 Å². The SMILES string of the molecule is CCN1C=C(N)C=C(O)C1N. The smallest absolute Gasteiger partial charge is 0.136 e. The number of hydrogen-bond donors (Lipinski definition) is 3. The van der Waals surface area contributed by atoms with Gasteiger partial charge in [-0.3, -0.25) is 0 Å². The predicted octanol–water partition coefficient (Wildman–Crippen LogP) is -0.151. The highest BCUT2D eigenvalue weighted by molar-refractivity contribution is 5.24. The van der Waals surface area contributed by atoms with Crippen LogP contribution in [0.2, 0.25) is 0 Å². The lowest BCUT2D eigenvalue weighted by Gasteiger charge is -2.28. The second-order valence-corrected chi connectivity index (χ2v) is 2.47. The van der Waals surface area contributed by atoms with Gasteiger partial charge in [0.1, 0.15) is 11.9 Å². The summed E-state index contributed by atoms with van der Waals surface area (Å²) in [7, 11) is 0. The summed E-state index contributed by atoms with van der Waals surface area (Å²) < 4.78 is 0. The van der Waals surface area contributed by atoms with E-state index < -0.39 is 6.17 Å². The van der Waals surface area contributed by atoms with E-state index in [4.69, 9.17) is 11.5 Å². The van der Waals surface area contributed by atoms with Crippen molar-refractivity contribution in [3.05, 3.63) is 23.7 Å². The average molecular weight is 155 g/mol. The molecule has 1 unspecified atom stereocenters. The topological polar surface area (TPSA) is 75.5 Å². The molecule has 0 aromatic heterocycles. The monoisotopic (exact) mass is 155 g/mol. The predicted molar refractivity (Wildman–Crippen MR) is 43.3 cm³/mol. The number of aliphatic hydroxyl groups is 1. The molecule has 0 aromatic rings. The number of nitrogens with two attached hydrogens (primary N) is 2. The van der Waals surface area contributed by atoms with E-state index in [9.17, 15) is 5.11 Å². The minimum absolute atomic E-state index is 0.117. The largest absolute Gasteiger partial charge is 0.509 e. The molecule has 4 heteroatoms. The van der Waals surface area contributed by atoms with Gasteiger partial charge in [-0.05, 0) is 6.92 Å². The van der Waals surface area contributed by atoms with Gasteiger partial charge in [0.2, 0.25) is 0 Å². The summed E-state index contributed by atoms with van der Waals surface area (Å²) in [6.07, 6.45) is 2.76. The molecule has 0 radical (unpaired) electrons. The van der Waals surface area contributed by atoms with Crippen LogP contribution in [0.1, 0.15) is 6.92 Å². The number of hydrogen-bond acceptors (Lipinski definition) is 4. The second kappa shape index (κ2) is 2.84. The summed E-state index contributed by atoms with van der Waals surface area (Å²) in [5.74, 6) is 0.117. The Morgan fingerprint density at radius 3 is 2.91 bits per heavy atom. The summed E-state index contributed by atoms with van der Waals surface area (Å²) in [6, 6.07) is 0. The normalized spacial score (nSPS) is 24.5. The van der Waals surface area contributed by atoms with Crippen LogP contribution >= 0.6 is 0 Å². The van der Waals surface area contributed by atoms with Gasteiger partial charge in [-0.25, -0.2) is 0 Å². The van der Waals surface area contributed by atoms with Gasteiger partial charge in [-0.15, -0.1) is 0 Å². The third kappa shape index (κ3) is 1.46. The van der Waals surface area contributed by atoms with Crippen LogP contribution in [0.25, 0.3) is 0 Å². The van der Waals surface area contributed by atoms with Crippen LogP contribution in [0.5, 0.6) is 0 Å². The Morgan fingerprint density at radius 1 is 1.73 bits per heavy atom. The van der Waals surface area contributed by atoms with Gasteiger partial charge in [0.15, 0.2) is 0 Å². The molecule has 5 N–H and O–H groups in total. The molecule has 0 spiro atoms. The molecule has 11 heavy (non-hydrogen) atoms. The molecule has 0 saturated heterocycles. The molecular formula is C7H13N3O. The summed E-state index contributed by atoms with van der Waals surface area (Å²) >= 11 is 0. The zero-order chi connectivity index (χ0) is 8.43. The van der Waals surface area contributed by atoms with E-state index in [2.05, 4.69) is 0 Å². The van der Waals surface area contributed by atoms with Gasteiger partial charge >= 0.3 is 0 Å². The molecular weight excluding hydrogens is 142 g/mol. The number of nitrogens with zero attached hydrogens (tertiary/aromatic N) is 1. The highest BCUT2D eigenvalue weighted by Gasteiger charge is 2.17. The van der Waals surface area contributed by atoms with Crippen molar-refractivity contribution in [3.63, 3.8) is 0 Å². The molecule has 1 aliphatic heterocycles. The van der Waals surface area contributed by atoms with Crippen LogP contribution in [0.15, 0.2) is 23.7 Å². The van der Waals surface area contributed by atoms with Gasteiger partial charge < -0.3 is 21.5 Å². The molecule has 1 aliphatic rings. The van der Waals surface area contributed by atoms with E-state index in [0.717, 1.165) is 6.54 Å². The lowest BCUT2D eigenvalue weighted by Crippen LogP contribution is -2.42. The van der Waals surface area contributed by atoms with Crippen LogP contribution in [0, 0.1) is 0 Å². The van der Waals surface area contributed by atoms with Crippen molar-refractivity contribution in [1.82, 2.24) is 4.90 Å². The van der Waals surface area contributed by atoms with Crippen molar-refractivity contribution in [2.24, 2.45) is 11.5 Å². The fraction of sp³-hybridized carbons (Fsp3) is 0.429. The maximum Gasteiger partial charge on any atom is 0.136 e. The van der Waals surface area contributed by atoms with Crippen LogP contribution in [0.4, 0.5) is 0 Å². The highest BCUT2D eigenvalue weighted by Crippen LogP contribution is 2.11. The van der Waals surface area contributed by atoms with Crippen LogP contribution in [0.3, 0.4) is 0 Å². The zero-order valence-corrected chi connectivity index (χ0v) is 6.49. The summed E-state index contributed by atoms with van der Waals surface area (Å²) in [5, 5.41) is 9.22. The summed E-state index contributed by atoms with van der Waals surface area (Å²) in [5.41, 5.74) is 11.6. The summed E-state index contributed by atoms with van der Waals surface area (Å²) in [6.45, 7) is 2.68. The molecule has 0 aromatic carbocycles. The van der Waals surface area contributed by atoms with Gasteiger partial charge in [0.05, 0.1) is 5.70 Å². The second-order valence-electron chi connectivity index (χ2n) is 2.47. The van der Waals surface area contributed by atoms with E-state index >= 15 is 0 Å². The average Bonchev–Trinajstić information content (AvgIpc) is 1.96. The molecule has 1 heterocycles.